The highest BCUT2D eigenvalue weighted by molar-refractivity contribution is 7.98. The second-order valence-electron chi connectivity index (χ2n) is 5.89. The number of aliphatic carboxylic acids is 1. The molecule has 0 radical (unpaired) electrons. The molecule has 1 saturated carbocycles. The third kappa shape index (κ3) is 4.04. The lowest BCUT2D eigenvalue weighted by molar-refractivity contribution is -0.141. The van der Waals surface area contributed by atoms with Crippen LogP contribution in [0.25, 0.3) is 0 Å². The highest BCUT2D eigenvalue weighted by Gasteiger charge is 2.32. The summed E-state index contributed by atoms with van der Waals surface area (Å²) in [6, 6.07) is 0.187. The molecule has 114 valence electrons. The number of hydrogen-bond acceptors (Lipinski definition) is 3. The SMILES string of the molecule is CSCC1CCC(NC(=O)N2CCC(C(=O)O)C2)CC1. The molecule has 1 saturated heterocycles. The Labute approximate surface area is 124 Å². The van der Waals surface area contributed by atoms with Crippen LogP contribution in [-0.2, 0) is 4.79 Å². The summed E-state index contributed by atoms with van der Waals surface area (Å²) in [6.45, 7) is 0.910. The average Bonchev–Trinajstić information content (AvgIpc) is 2.91. The first-order chi connectivity index (χ1) is 9.60. The average molecular weight is 300 g/mol. The first-order valence-electron chi connectivity index (χ1n) is 7.37. The zero-order chi connectivity index (χ0) is 14.5. The molecular formula is C14H24N2O3S. The lowest BCUT2D eigenvalue weighted by Crippen LogP contribution is -2.45. The highest BCUT2D eigenvalue weighted by Crippen LogP contribution is 2.27. The van der Waals surface area contributed by atoms with Gasteiger partial charge in [0.05, 0.1) is 5.92 Å². The van der Waals surface area contributed by atoms with Crippen molar-refractivity contribution in [3.05, 3.63) is 0 Å². The summed E-state index contributed by atoms with van der Waals surface area (Å²) in [6.07, 6.45) is 7.18. The van der Waals surface area contributed by atoms with Crippen molar-refractivity contribution in [3.8, 4) is 0 Å². The molecule has 1 aliphatic carbocycles. The Morgan fingerprint density at radius 2 is 1.95 bits per heavy atom. The van der Waals surface area contributed by atoms with E-state index in [-0.39, 0.29) is 12.1 Å². The maximum Gasteiger partial charge on any atom is 0.317 e. The molecule has 0 aromatic heterocycles. The molecule has 2 fully saturated rings. The van der Waals surface area contributed by atoms with E-state index in [9.17, 15) is 9.59 Å². The lowest BCUT2D eigenvalue weighted by Gasteiger charge is -2.30. The number of nitrogens with one attached hydrogen (secondary N) is 1. The number of nitrogens with zero attached hydrogens (tertiary/aromatic N) is 1. The summed E-state index contributed by atoms with van der Waals surface area (Å²) in [4.78, 5) is 24.6. The molecule has 2 aliphatic rings. The standard InChI is InChI=1S/C14H24N2O3S/c1-20-9-10-2-4-12(5-3-10)15-14(19)16-7-6-11(8-16)13(17)18/h10-12H,2-9H2,1H3,(H,15,19)(H,17,18). The third-order valence-electron chi connectivity index (χ3n) is 4.40. The minimum absolute atomic E-state index is 0.0814. The second-order valence-corrected chi connectivity index (χ2v) is 6.80. The van der Waals surface area contributed by atoms with Crippen molar-refractivity contribution in [1.82, 2.24) is 10.2 Å². The van der Waals surface area contributed by atoms with Crippen LogP contribution in [0.5, 0.6) is 0 Å². The maximum atomic E-state index is 12.1. The van der Waals surface area contributed by atoms with E-state index >= 15 is 0 Å². The van der Waals surface area contributed by atoms with Gasteiger partial charge in [0.1, 0.15) is 0 Å². The van der Waals surface area contributed by atoms with Gasteiger partial charge in [-0.2, -0.15) is 11.8 Å². The zero-order valence-corrected chi connectivity index (χ0v) is 12.8. The Morgan fingerprint density at radius 3 is 2.50 bits per heavy atom. The van der Waals surface area contributed by atoms with Crippen molar-refractivity contribution in [2.24, 2.45) is 11.8 Å². The number of urea groups is 1. The fraction of sp³-hybridized carbons (Fsp3) is 0.857. The molecule has 1 atom stereocenters. The van der Waals surface area contributed by atoms with Crippen LogP contribution in [0.1, 0.15) is 32.1 Å². The van der Waals surface area contributed by atoms with E-state index in [0.29, 0.717) is 19.5 Å². The predicted octanol–water partition coefficient (Wildman–Crippen LogP) is 2.02. The van der Waals surface area contributed by atoms with Crippen LogP contribution in [0.3, 0.4) is 0 Å². The van der Waals surface area contributed by atoms with E-state index in [1.165, 1.54) is 18.6 Å². The van der Waals surface area contributed by atoms with Crippen molar-refractivity contribution >= 4 is 23.8 Å². The van der Waals surface area contributed by atoms with Gasteiger partial charge < -0.3 is 15.3 Å². The van der Waals surface area contributed by atoms with Gasteiger partial charge in [-0.3, -0.25) is 4.79 Å². The smallest absolute Gasteiger partial charge is 0.317 e. The van der Waals surface area contributed by atoms with Crippen molar-refractivity contribution in [1.29, 1.82) is 0 Å². The minimum atomic E-state index is -0.794. The summed E-state index contributed by atoms with van der Waals surface area (Å²) < 4.78 is 0. The number of thioether (sulfide) groups is 1. The number of hydrogen-bond donors (Lipinski definition) is 2. The number of carbonyl (C=O) groups is 2. The van der Waals surface area contributed by atoms with Crippen molar-refractivity contribution < 1.29 is 14.7 Å². The van der Waals surface area contributed by atoms with Gasteiger partial charge in [0.2, 0.25) is 0 Å². The molecule has 5 nitrogen and oxygen atoms in total. The lowest BCUT2D eigenvalue weighted by atomic mass is 9.87. The number of carboxylic acids is 1. The molecule has 2 N–H and O–H groups in total. The molecule has 1 heterocycles. The molecule has 0 bridgehead atoms. The second kappa shape index (κ2) is 7.20. The molecule has 0 aromatic carbocycles. The largest absolute Gasteiger partial charge is 0.481 e. The predicted molar refractivity (Wildman–Crippen MR) is 80.0 cm³/mol. The van der Waals surface area contributed by atoms with Gasteiger partial charge in [-0.25, -0.2) is 4.79 Å². The molecule has 0 spiro atoms. The van der Waals surface area contributed by atoms with Crippen molar-refractivity contribution in [2.45, 2.75) is 38.1 Å². The monoisotopic (exact) mass is 300 g/mol. The Morgan fingerprint density at radius 1 is 1.25 bits per heavy atom. The molecule has 6 heteroatoms. The fourth-order valence-corrected chi connectivity index (χ4v) is 3.93. The topological polar surface area (TPSA) is 69.6 Å². The summed E-state index contributed by atoms with van der Waals surface area (Å²) in [5.41, 5.74) is 0. The zero-order valence-electron chi connectivity index (χ0n) is 12.0. The molecule has 20 heavy (non-hydrogen) atoms. The van der Waals surface area contributed by atoms with E-state index in [1.807, 2.05) is 11.8 Å². The Bertz CT molecular complexity index is 356. The van der Waals surface area contributed by atoms with Crippen LogP contribution >= 0.6 is 11.8 Å². The quantitative estimate of drug-likeness (QED) is 0.833. The van der Waals surface area contributed by atoms with Crippen molar-refractivity contribution in [2.75, 3.05) is 25.1 Å². The van der Waals surface area contributed by atoms with Crippen LogP contribution in [0.4, 0.5) is 4.79 Å². The maximum absolute atomic E-state index is 12.1. The summed E-state index contributed by atoms with van der Waals surface area (Å²) >= 11 is 1.90. The number of carbonyl (C=O) groups excluding carboxylic acids is 1. The summed E-state index contributed by atoms with van der Waals surface area (Å²) in [5.74, 6) is 0.824. The molecule has 2 amide bonds. The van der Waals surface area contributed by atoms with Gasteiger partial charge in [-0.15, -0.1) is 0 Å². The summed E-state index contributed by atoms with van der Waals surface area (Å²) in [5, 5.41) is 12.0. The molecular weight excluding hydrogens is 276 g/mol. The van der Waals surface area contributed by atoms with E-state index in [1.54, 1.807) is 4.90 Å². The van der Waals surface area contributed by atoms with Gasteiger partial charge in [0.25, 0.3) is 0 Å². The van der Waals surface area contributed by atoms with Crippen LogP contribution < -0.4 is 5.32 Å². The number of rotatable bonds is 4. The van der Waals surface area contributed by atoms with Crippen LogP contribution in [0.2, 0.25) is 0 Å². The number of amides is 2. The first-order valence-corrected chi connectivity index (χ1v) is 8.76. The molecule has 1 unspecified atom stereocenters. The molecule has 0 aromatic rings. The normalized spacial score (nSPS) is 30.2. The van der Waals surface area contributed by atoms with Crippen molar-refractivity contribution in [3.63, 3.8) is 0 Å². The minimum Gasteiger partial charge on any atom is -0.481 e. The van der Waals surface area contributed by atoms with Crippen LogP contribution in [0, 0.1) is 11.8 Å². The van der Waals surface area contributed by atoms with E-state index in [0.717, 1.165) is 18.8 Å². The van der Waals surface area contributed by atoms with Gasteiger partial charge in [-0.1, -0.05) is 0 Å². The molecule has 1 aliphatic heterocycles. The van der Waals surface area contributed by atoms with Crippen LogP contribution in [-0.4, -0.2) is 53.1 Å². The van der Waals surface area contributed by atoms with Gasteiger partial charge in [0.15, 0.2) is 0 Å². The number of likely N-dealkylation sites (tertiary alicyclic amines) is 1. The first kappa shape index (κ1) is 15.5. The highest BCUT2D eigenvalue weighted by atomic mass is 32.2. The Hall–Kier alpha value is -0.910. The van der Waals surface area contributed by atoms with E-state index < -0.39 is 11.9 Å². The van der Waals surface area contributed by atoms with Gasteiger partial charge in [-0.05, 0) is 50.0 Å². The van der Waals surface area contributed by atoms with Gasteiger partial charge in [0, 0.05) is 19.1 Å². The van der Waals surface area contributed by atoms with E-state index in [2.05, 4.69) is 11.6 Å². The fourth-order valence-electron chi connectivity index (χ4n) is 3.12. The van der Waals surface area contributed by atoms with E-state index in [4.69, 9.17) is 5.11 Å². The third-order valence-corrected chi connectivity index (χ3v) is 5.21. The summed E-state index contributed by atoms with van der Waals surface area (Å²) in [7, 11) is 0. The molecule has 2 rings (SSSR count). The van der Waals surface area contributed by atoms with Gasteiger partial charge >= 0.3 is 12.0 Å². The van der Waals surface area contributed by atoms with Crippen LogP contribution in [0.15, 0.2) is 0 Å². The Balaban J connectivity index is 1.72. The number of carboxylic acid groups (broad SMARTS) is 1. The Kier molecular flexibility index (Phi) is 5.57.